The number of hydrogen-bond donors (Lipinski definition) is 2. The van der Waals surface area contributed by atoms with Gasteiger partial charge in [0.1, 0.15) is 11.5 Å². The molecule has 2 aromatic carbocycles. The summed E-state index contributed by atoms with van der Waals surface area (Å²) in [6.45, 7) is 0. The highest BCUT2D eigenvalue weighted by Gasteiger charge is 2.11. The monoisotopic (exact) mass is 333 g/mol. The Balaban J connectivity index is 1.87. The Labute approximate surface area is 142 Å². The van der Waals surface area contributed by atoms with Gasteiger partial charge in [0.25, 0.3) is 0 Å². The first-order valence-corrected chi connectivity index (χ1v) is 7.28. The SMILES string of the molecule is N#Cc1ccc(Nc2nccc(/C(=N\O)c3ccc(F)cc3)n2)cc1. The molecule has 0 aliphatic rings. The van der Waals surface area contributed by atoms with Crippen molar-refractivity contribution in [1.29, 1.82) is 5.26 Å². The van der Waals surface area contributed by atoms with Crippen LogP contribution in [0.3, 0.4) is 0 Å². The van der Waals surface area contributed by atoms with E-state index >= 15 is 0 Å². The average Bonchev–Trinajstić information content (AvgIpc) is 2.65. The van der Waals surface area contributed by atoms with Crippen molar-refractivity contribution in [3.05, 3.63) is 83.4 Å². The van der Waals surface area contributed by atoms with Gasteiger partial charge < -0.3 is 10.5 Å². The maximum atomic E-state index is 13.1. The molecule has 0 saturated carbocycles. The molecule has 0 aliphatic heterocycles. The Bertz CT molecular complexity index is 946. The molecule has 6 nitrogen and oxygen atoms in total. The number of hydrogen-bond acceptors (Lipinski definition) is 6. The molecule has 1 aromatic heterocycles. The highest BCUT2D eigenvalue weighted by atomic mass is 19.1. The summed E-state index contributed by atoms with van der Waals surface area (Å²) in [4.78, 5) is 8.43. The Hall–Kier alpha value is -3.79. The van der Waals surface area contributed by atoms with Crippen LogP contribution in [0.15, 0.2) is 65.9 Å². The normalized spacial score (nSPS) is 11.0. The van der Waals surface area contributed by atoms with Crippen molar-refractivity contribution in [3.63, 3.8) is 0 Å². The summed E-state index contributed by atoms with van der Waals surface area (Å²) in [5.74, 6) is -0.0858. The van der Waals surface area contributed by atoms with Crippen LogP contribution < -0.4 is 5.32 Å². The predicted molar refractivity (Wildman–Crippen MR) is 90.3 cm³/mol. The van der Waals surface area contributed by atoms with Crippen LogP contribution in [0.4, 0.5) is 16.0 Å². The van der Waals surface area contributed by atoms with Gasteiger partial charge in [-0.3, -0.25) is 0 Å². The molecule has 25 heavy (non-hydrogen) atoms. The first-order chi connectivity index (χ1) is 12.2. The number of anilines is 2. The second-order valence-corrected chi connectivity index (χ2v) is 5.04. The van der Waals surface area contributed by atoms with Crippen molar-refractivity contribution in [1.82, 2.24) is 9.97 Å². The lowest BCUT2D eigenvalue weighted by Gasteiger charge is -2.08. The molecule has 0 spiro atoms. The van der Waals surface area contributed by atoms with Gasteiger partial charge >= 0.3 is 0 Å². The third-order valence-corrected chi connectivity index (χ3v) is 3.39. The zero-order valence-corrected chi connectivity index (χ0v) is 12.9. The fourth-order valence-electron chi connectivity index (χ4n) is 2.17. The van der Waals surface area contributed by atoms with Gasteiger partial charge in [-0.15, -0.1) is 0 Å². The predicted octanol–water partition coefficient (Wildman–Crippen LogP) is 3.46. The Kier molecular flexibility index (Phi) is 4.62. The van der Waals surface area contributed by atoms with E-state index in [-0.39, 0.29) is 11.5 Å². The lowest BCUT2D eigenvalue weighted by molar-refractivity contribution is 0.319. The van der Waals surface area contributed by atoms with E-state index in [1.807, 2.05) is 6.07 Å². The van der Waals surface area contributed by atoms with E-state index in [1.165, 1.54) is 30.5 Å². The molecule has 0 unspecified atom stereocenters. The molecule has 122 valence electrons. The number of nitrogens with zero attached hydrogens (tertiary/aromatic N) is 4. The summed E-state index contributed by atoms with van der Waals surface area (Å²) < 4.78 is 13.1. The largest absolute Gasteiger partial charge is 0.410 e. The van der Waals surface area contributed by atoms with Gasteiger partial charge in [0, 0.05) is 17.4 Å². The molecule has 1 heterocycles. The molecule has 3 rings (SSSR count). The van der Waals surface area contributed by atoms with Crippen LogP contribution in [0.1, 0.15) is 16.8 Å². The molecule has 0 amide bonds. The maximum absolute atomic E-state index is 13.1. The molecule has 0 aliphatic carbocycles. The van der Waals surface area contributed by atoms with Crippen molar-refractivity contribution < 1.29 is 9.60 Å². The van der Waals surface area contributed by atoms with Crippen LogP contribution in [0.25, 0.3) is 0 Å². The van der Waals surface area contributed by atoms with Gasteiger partial charge in [-0.1, -0.05) is 5.16 Å². The smallest absolute Gasteiger partial charge is 0.227 e. The van der Waals surface area contributed by atoms with Gasteiger partial charge in [0.15, 0.2) is 0 Å². The summed E-state index contributed by atoms with van der Waals surface area (Å²) >= 11 is 0. The first-order valence-electron chi connectivity index (χ1n) is 7.28. The van der Waals surface area contributed by atoms with Crippen LogP contribution in [-0.4, -0.2) is 20.9 Å². The number of oxime groups is 1. The second-order valence-electron chi connectivity index (χ2n) is 5.04. The second kappa shape index (κ2) is 7.19. The van der Waals surface area contributed by atoms with E-state index in [0.29, 0.717) is 28.5 Å². The highest BCUT2D eigenvalue weighted by molar-refractivity contribution is 6.11. The average molecular weight is 333 g/mol. The number of rotatable bonds is 4. The molecular weight excluding hydrogens is 321 g/mol. The van der Waals surface area contributed by atoms with Gasteiger partial charge in [-0.25, -0.2) is 14.4 Å². The molecule has 0 saturated heterocycles. The number of aromatic nitrogens is 2. The molecule has 7 heteroatoms. The number of benzene rings is 2. The summed E-state index contributed by atoms with van der Waals surface area (Å²) in [5, 5.41) is 24.4. The maximum Gasteiger partial charge on any atom is 0.227 e. The quantitative estimate of drug-likeness (QED) is 0.433. The van der Waals surface area contributed by atoms with Crippen molar-refractivity contribution in [3.8, 4) is 6.07 Å². The Morgan fingerprint density at radius 3 is 2.44 bits per heavy atom. The molecule has 0 atom stereocenters. The molecule has 0 fully saturated rings. The summed E-state index contributed by atoms with van der Waals surface area (Å²) in [5.41, 5.74) is 2.35. The van der Waals surface area contributed by atoms with Crippen LogP contribution in [-0.2, 0) is 0 Å². The molecule has 3 aromatic rings. The first kappa shape index (κ1) is 16.1. The van der Waals surface area contributed by atoms with E-state index in [4.69, 9.17) is 5.26 Å². The van der Waals surface area contributed by atoms with Crippen LogP contribution in [0.5, 0.6) is 0 Å². The zero-order chi connectivity index (χ0) is 17.6. The molecule has 0 radical (unpaired) electrons. The molecule has 0 bridgehead atoms. The highest BCUT2D eigenvalue weighted by Crippen LogP contribution is 2.15. The summed E-state index contributed by atoms with van der Waals surface area (Å²) in [6, 6.07) is 16.0. The topological polar surface area (TPSA) is 94.2 Å². The summed E-state index contributed by atoms with van der Waals surface area (Å²) in [6.07, 6.45) is 1.52. The minimum Gasteiger partial charge on any atom is -0.410 e. The number of nitrogens with one attached hydrogen (secondary N) is 1. The standard InChI is InChI=1S/C18H12FN5O/c19-14-5-3-13(4-6-14)17(24-25)16-9-10-21-18(23-16)22-15-7-1-12(11-20)2-8-15/h1-10,25H,(H,21,22,23)/b24-17-. The Morgan fingerprint density at radius 1 is 1.08 bits per heavy atom. The third kappa shape index (κ3) is 3.76. The fraction of sp³-hybridized carbons (Fsp3) is 0. The minimum absolute atomic E-state index is 0.199. The molecular formula is C18H12FN5O. The van der Waals surface area contributed by atoms with Crippen LogP contribution in [0.2, 0.25) is 0 Å². The number of halogens is 1. The lowest BCUT2D eigenvalue weighted by atomic mass is 10.1. The van der Waals surface area contributed by atoms with Crippen molar-refractivity contribution >= 4 is 17.3 Å². The van der Waals surface area contributed by atoms with E-state index < -0.39 is 0 Å². The van der Waals surface area contributed by atoms with E-state index in [2.05, 4.69) is 20.4 Å². The van der Waals surface area contributed by atoms with E-state index in [0.717, 1.165) is 0 Å². The summed E-state index contributed by atoms with van der Waals surface area (Å²) in [7, 11) is 0. The van der Waals surface area contributed by atoms with Crippen molar-refractivity contribution in [2.45, 2.75) is 0 Å². The fourth-order valence-corrected chi connectivity index (χ4v) is 2.17. The van der Waals surface area contributed by atoms with Crippen LogP contribution >= 0.6 is 0 Å². The molecule has 2 N–H and O–H groups in total. The minimum atomic E-state index is -0.383. The van der Waals surface area contributed by atoms with Gasteiger partial charge in [0.2, 0.25) is 5.95 Å². The third-order valence-electron chi connectivity index (χ3n) is 3.39. The van der Waals surface area contributed by atoms with Gasteiger partial charge in [-0.05, 0) is 54.6 Å². The van der Waals surface area contributed by atoms with Crippen LogP contribution in [0, 0.1) is 17.1 Å². The van der Waals surface area contributed by atoms with Gasteiger partial charge in [-0.2, -0.15) is 5.26 Å². The zero-order valence-electron chi connectivity index (χ0n) is 12.9. The van der Waals surface area contributed by atoms with Gasteiger partial charge in [0.05, 0.1) is 17.3 Å². The lowest BCUT2D eigenvalue weighted by Crippen LogP contribution is -2.08. The Morgan fingerprint density at radius 2 is 1.80 bits per heavy atom. The van der Waals surface area contributed by atoms with Crippen molar-refractivity contribution in [2.24, 2.45) is 5.16 Å². The van der Waals surface area contributed by atoms with E-state index in [9.17, 15) is 9.60 Å². The van der Waals surface area contributed by atoms with E-state index in [1.54, 1.807) is 30.3 Å². The van der Waals surface area contributed by atoms with Crippen molar-refractivity contribution in [2.75, 3.05) is 5.32 Å². The number of nitriles is 1.